The van der Waals surface area contributed by atoms with Gasteiger partial charge in [-0.2, -0.15) is 0 Å². The number of carboxylic acid groups (broad SMARTS) is 1. The zero-order valence-corrected chi connectivity index (χ0v) is 17.2. The highest BCUT2D eigenvalue weighted by Crippen LogP contribution is 2.39. The Morgan fingerprint density at radius 3 is 2.74 bits per heavy atom. The standard InChI is InChI=1S/C24H24N2O5/c1-29-20-5-6-22(23(14-20)31-21-9-12-30-16-21)26(15-17-7-10-25-11-8-17)19-4-2-3-18(13-19)24(27)28/h2-8,10-11,13-14,21H,9,12,15-16H2,1H3,(H,27,28)/t21-/m1/s1. The maximum Gasteiger partial charge on any atom is 0.335 e. The third kappa shape index (κ3) is 4.95. The molecule has 2 aromatic carbocycles. The molecule has 0 unspecified atom stereocenters. The molecule has 0 radical (unpaired) electrons. The average molecular weight is 420 g/mol. The van der Waals surface area contributed by atoms with Crippen molar-refractivity contribution >= 4 is 17.3 Å². The van der Waals surface area contributed by atoms with Gasteiger partial charge in [0.15, 0.2) is 0 Å². The molecule has 0 aliphatic carbocycles. The summed E-state index contributed by atoms with van der Waals surface area (Å²) in [7, 11) is 1.61. The molecule has 1 aliphatic rings. The fourth-order valence-corrected chi connectivity index (χ4v) is 3.52. The first-order chi connectivity index (χ1) is 15.1. The fraction of sp³-hybridized carbons (Fsp3) is 0.250. The largest absolute Gasteiger partial charge is 0.497 e. The Morgan fingerprint density at radius 2 is 2.03 bits per heavy atom. The Hall–Kier alpha value is -3.58. The van der Waals surface area contributed by atoms with Crippen LogP contribution in [0.25, 0.3) is 0 Å². The van der Waals surface area contributed by atoms with Gasteiger partial charge in [0, 0.05) is 37.1 Å². The fourth-order valence-electron chi connectivity index (χ4n) is 3.52. The molecule has 3 aromatic rings. The molecule has 0 bridgehead atoms. The summed E-state index contributed by atoms with van der Waals surface area (Å²) < 4.78 is 17.2. The van der Waals surface area contributed by atoms with E-state index in [0.717, 1.165) is 23.4 Å². The molecule has 160 valence electrons. The van der Waals surface area contributed by atoms with Crippen LogP contribution in [0.4, 0.5) is 11.4 Å². The van der Waals surface area contributed by atoms with Crippen LogP contribution in [0.5, 0.6) is 11.5 Å². The first kappa shape index (κ1) is 20.7. The van der Waals surface area contributed by atoms with E-state index in [4.69, 9.17) is 14.2 Å². The quantitative estimate of drug-likeness (QED) is 0.582. The van der Waals surface area contributed by atoms with Crippen LogP contribution in [0.1, 0.15) is 22.3 Å². The van der Waals surface area contributed by atoms with Crippen LogP contribution in [0, 0.1) is 0 Å². The minimum absolute atomic E-state index is 0.0426. The SMILES string of the molecule is COc1ccc(N(Cc2ccncc2)c2cccc(C(=O)O)c2)c(O[C@@H]2CCOC2)c1. The average Bonchev–Trinajstić information content (AvgIpc) is 3.31. The van der Waals surface area contributed by atoms with Crippen molar-refractivity contribution in [2.75, 3.05) is 25.2 Å². The number of nitrogens with zero attached hydrogens (tertiary/aromatic N) is 2. The highest BCUT2D eigenvalue weighted by atomic mass is 16.5. The van der Waals surface area contributed by atoms with E-state index in [1.54, 1.807) is 37.7 Å². The molecule has 1 N–H and O–H groups in total. The topological polar surface area (TPSA) is 81.1 Å². The van der Waals surface area contributed by atoms with Crippen molar-refractivity contribution < 1.29 is 24.1 Å². The highest BCUT2D eigenvalue weighted by Gasteiger charge is 2.22. The monoisotopic (exact) mass is 420 g/mol. The van der Waals surface area contributed by atoms with Gasteiger partial charge in [0.2, 0.25) is 0 Å². The lowest BCUT2D eigenvalue weighted by Gasteiger charge is -2.28. The van der Waals surface area contributed by atoms with Gasteiger partial charge >= 0.3 is 5.97 Å². The van der Waals surface area contributed by atoms with E-state index in [-0.39, 0.29) is 11.7 Å². The number of carboxylic acids is 1. The second-order valence-corrected chi connectivity index (χ2v) is 7.23. The smallest absolute Gasteiger partial charge is 0.335 e. The van der Waals surface area contributed by atoms with Crippen LogP contribution < -0.4 is 14.4 Å². The maximum absolute atomic E-state index is 11.6. The number of carbonyl (C=O) groups is 1. The molecule has 2 heterocycles. The summed E-state index contributed by atoms with van der Waals surface area (Å²) in [4.78, 5) is 17.7. The molecule has 0 amide bonds. The summed E-state index contributed by atoms with van der Waals surface area (Å²) in [5, 5.41) is 9.48. The summed E-state index contributed by atoms with van der Waals surface area (Å²) in [5.41, 5.74) is 2.81. The Morgan fingerprint density at radius 1 is 1.19 bits per heavy atom. The molecular weight excluding hydrogens is 396 g/mol. The lowest BCUT2D eigenvalue weighted by Crippen LogP contribution is -2.21. The first-order valence-electron chi connectivity index (χ1n) is 10.1. The lowest BCUT2D eigenvalue weighted by molar-refractivity contribution is 0.0697. The number of aromatic nitrogens is 1. The Bertz CT molecular complexity index is 1040. The Kier molecular flexibility index (Phi) is 6.33. The van der Waals surface area contributed by atoms with Gasteiger partial charge in [-0.3, -0.25) is 4.98 Å². The normalized spacial score (nSPS) is 15.5. The first-order valence-corrected chi connectivity index (χ1v) is 10.1. The van der Waals surface area contributed by atoms with Crippen molar-refractivity contribution in [3.63, 3.8) is 0 Å². The molecule has 7 heteroatoms. The van der Waals surface area contributed by atoms with Gasteiger partial charge in [-0.05, 0) is 48.0 Å². The summed E-state index contributed by atoms with van der Waals surface area (Å²) >= 11 is 0. The van der Waals surface area contributed by atoms with Crippen molar-refractivity contribution in [3.8, 4) is 11.5 Å². The molecule has 1 saturated heterocycles. The van der Waals surface area contributed by atoms with Gasteiger partial charge in [-0.15, -0.1) is 0 Å². The molecule has 31 heavy (non-hydrogen) atoms. The van der Waals surface area contributed by atoms with Crippen molar-refractivity contribution in [1.29, 1.82) is 0 Å². The van der Waals surface area contributed by atoms with E-state index in [1.807, 2.05) is 41.3 Å². The highest BCUT2D eigenvalue weighted by molar-refractivity contribution is 5.89. The molecule has 0 spiro atoms. The Labute approximate surface area is 180 Å². The number of hydrogen-bond donors (Lipinski definition) is 1. The van der Waals surface area contributed by atoms with Crippen LogP contribution in [0.2, 0.25) is 0 Å². The molecule has 0 saturated carbocycles. The number of methoxy groups -OCH3 is 1. The predicted molar refractivity (Wildman–Crippen MR) is 116 cm³/mol. The third-order valence-electron chi connectivity index (χ3n) is 5.13. The van der Waals surface area contributed by atoms with Gasteiger partial charge in [0.25, 0.3) is 0 Å². The summed E-state index contributed by atoms with van der Waals surface area (Å²) in [6.07, 6.45) is 4.25. The number of hydrogen-bond acceptors (Lipinski definition) is 6. The third-order valence-corrected chi connectivity index (χ3v) is 5.13. The number of rotatable bonds is 8. The summed E-state index contributed by atoms with van der Waals surface area (Å²) in [5.74, 6) is 0.366. The molecule has 1 aliphatic heterocycles. The van der Waals surface area contributed by atoms with E-state index in [1.165, 1.54) is 0 Å². The van der Waals surface area contributed by atoms with Crippen molar-refractivity contribution in [2.45, 2.75) is 19.1 Å². The number of pyridine rings is 1. The Balaban J connectivity index is 1.78. The van der Waals surface area contributed by atoms with Crippen molar-refractivity contribution in [2.24, 2.45) is 0 Å². The number of benzene rings is 2. The van der Waals surface area contributed by atoms with Crippen LogP contribution in [-0.4, -0.2) is 42.5 Å². The van der Waals surface area contributed by atoms with Gasteiger partial charge in [-0.25, -0.2) is 4.79 Å². The summed E-state index contributed by atoms with van der Waals surface area (Å²) in [6.45, 7) is 1.72. The number of aromatic carboxylic acids is 1. The van der Waals surface area contributed by atoms with E-state index in [0.29, 0.717) is 31.3 Å². The van der Waals surface area contributed by atoms with Crippen LogP contribution >= 0.6 is 0 Å². The van der Waals surface area contributed by atoms with E-state index in [2.05, 4.69) is 4.98 Å². The van der Waals surface area contributed by atoms with Crippen molar-refractivity contribution in [3.05, 3.63) is 78.1 Å². The van der Waals surface area contributed by atoms with Crippen molar-refractivity contribution in [1.82, 2.24) is 4.98 Å². The lowest BCUT2D eigenvalue weighted by atomic mass is 10.1. The van der Waals surface area contributed by atoms with Gasteiger partial charge in [-0.1, -0.05) is 6.07 Å². The summed E-state index contributed by atoms with van der Waals surface area (Å²) in [6, 6.07) is 16.4. The number of ether oxygens (including phenoxy) is 3. The van der Waals surface area contributed by atoms with Crippen LogP contribution in [0.15, 0.2) is 67.0 Å². The zero-order valence-electron chi connectivity index (χ0n) is 17.2. The molecule has 7 nitrogen and oxygen atoms in total. The second-order valence-electron chi connectivity index (χ2n) is 7.23. The van der Waals surface area contributed by atoms with Gasteiger partial charge < -0.3 is 24.2 Å². The van der Waals surface area contributed by atoms with Gasteiger partial charge in [0.05, 0.1) is 31.6 Å². The molecular formula is C24H24N2O5. The molecule has 1 fully saturated rings. The zero-order chi connectivity index (χ0) is 21.6. The second kappa shape index (κ2) is 9.49. The molecule has 1 aromatic heterocycles. The maximum atomic E-state index is 11.6. The predicted octanol–water partition coefficient (Wildman–Crippen LogP) is 4.29. The van der Waals surface area contributed by atoms with Crippen LogP contribution in [-0.2, 0) is 11.3 Å². The molecule has 4 rings (SSSR count). The van der Waals surface area contributed by atoms with E-state index >= 15 is 0 Å². The van der Waals surface area contributed by atoms with Crippen LogP contribution in [0.3, 0.4) is 0 Å². The van der Waals surface area contributed by atoms with E-state index in [9.17, 15) is 9.90 Å². The van der Waals surface area contributed by atoms with E-state index < -0.39 is 5.97 Å². The van der Waals surface area contributed by atoms with Gasteiger partial charge in [0.1, 0.15) is 17.6 Å². The minimum Gasteiger partial charge on any atom is -0.497 e. The molecule has 1 atom stereocenters. The minimum atomic E-state index is -0.972. The number of anilines is 2.